The van der Waals surface area contributed by atoms with E-state index in [9.17, 15) is 31.1 Å². The first-order valence-electron chi connectivity index (χ1n) is 8.61. The molecule has 0 aliphatic rings. The Morgan fingerprint density at radius 2 is 1.62 bits per heavy atom. The van der Waals surface area contributed by atoms with Crippen LogP contribution in [0, 0.1) is 0 Å². The van der Waals surface area contributed by atoms with Crippen molar-refractivity contribution in [3.8, 4) is 0 Å². The number of imidazole rings is 1. The minimum atomic E-state index is -5.45. The fraction of sp³-hybridized carbons (Fsp3) is 0.263. The topological polar surface area (TPSA) is 64.2 Å². The van der Waals surface area contributed by atoms with E-state index in [0.29, 0.717) is 7.11 Å². The number of carbonyl (C=O) groups excluding carboxylic acids is 1. The largest absolute Gasteiger partial charge is 0.442 e. The summed E-state index contributed by atoms with van der Waals surface area (Å²) in [6, 6.07) is 7.76. The third-order valence-electron chi connectivity index (χ3n) is 4.49. The molecule has 0 aliphatic heterocycles. The molecule has 0 bridgehead atoms. The fourth-order valence-corrected chi connectivity index (χ4v) is 3.33. The summed E-state index contributed by atoms with van der Waals surface area (Å²) >= 11 is 11.6. The minimum absolute atomic E-state index is 0.00316. The van der Waals surface area contributed by atoms with Crippen molar-refractivity contribution in [2.24, 2.45) is 0 Å². The highest BCUT2D eigenvalue weighted by Gasteiger charge is 2.65. The number of ether oxygens (including phenoxy) is 2. The third kappa shape index (κ3) is 4.24. The van der Waals surface area contributed by atoms with Gasteiger partial charge in [-0.2, -0.15) is 26.3 Å². The van der Waals surface area contributed by atoms with Crippen molar-refractivity contribution < 1.29 is 40.6 Å². The van der Waals surface area contributed by atoms with Gasteiger partial charge in [0.15, 0.2) is 5.82 Å². The molecule has 0 spiro atoms. The van der Waals surface area contributed by atoms with E-state index < -0.39 is 41.4 Å². The molecule has 1 heterocycles. The molecule has 0 radical (unpaired) electrons. The molecule has 0 aliphatic carbocycles. The molecular formula is C19H12Cl2F6N2O3. The van der Waals surface area contributed by atoms with Gasteiger partial charge in [0.2, 0.25) is 0 Å². The van der Waals surface area contributed by atoms with Gasteiger partial charge in [-0.15, -0.1) is 0 Å². The van der Waals surface area contributed by atoms with Crippen molar-refractivity contribution in [2.45, 2.75) is 24.1 Å². The second-order valence-corrected chi connectivity index (χ2v) is 7.30. The second kappa shape index (κ2) is 8.45. The zero-order valence-electron chi connectivity index (χ0n) is 15.8. The van der Waals surface area contributed by atoms with Gasteiger partial charge < -0.3 is 14.5 Å². The van der Waals surface area contributed by atoms with Crippen LogP contribution in [0.1, 0.15) is 17.5 Å². The molecule has 5 nitrogen and oxygen atoms in total. The summed E-state index contributed by atoms with van der Waals surface area (Å²) in [6.07, 6.45) is -13.9. The Morgan fingerprint density at radius 1 is 1.03 bits per heavy atom. The van der Waals surface area contributed by atoms with Crippen molar-refractivity contribution in [3.05, 3.63) is 63.9 Å². The van der Waals surface area contributed by atoms with Crippen LogP contribution in [-0.2, 0) is 19.9 Å². The normalized spacial score (nSPS) is 15.4. The Bertz CT molecular complexity index is 1090. The lowest BCUT2D eigenvalue weighted by Gasteiger charge is -2.33. The fourth-order valence-electron chi connectivity index (χ4n) is 3.00. The van der Waals surface area contributed by atoms with E-state index in [2.05, 4.69) is 19.4 Å². The van der Waals surface area contributed by atoms with Crippen LogP contribution in [0.15, 0.2) is 42.5 Å². The molecule has 1 aromatic heterocycles. The summed E-state index contributed by atoms with van der Waals surface area (Å²) in [7, 11) is 0.537. The number of carbonyl (C=O) groups is 1. The maximum atomic E-state index is 14.0. The molecule has 13 heteroatoms. The van der Waals surface area contributed by atoms with E-state index in [4.69, 9.17) is 23.2 Å². The monoisotopic (exact) mass is 500 g/mol. The maximum Gasteiger partial charge on any atom is 0.432 e. The quantitative estimate of drug-likeness (QED) is 0.338. The number of benzene rings is 2. The number of esters is 1. The first kappa shape index (κ1) is 24.1. The molecular weight excluding hydrogens is 489 g/mol. The van der Waals surface area contributed by atoms with Crippen LogP contribution in [0.4, 0.5) is 26.3 Å². The van der Waals surface area contributed by atoms with E-state index in [1.54, 1.807) is 0 Å². The number of nitrogens with zero attached hydrogens (tertiary/aromatic N) is 1. The Morgan fingerprint density at radius 3 is 2.16 bits per heavy atom. The van der Waals surface area contributed by atoms with Crippen molar-refractivity contribution in [2.75, 3.05) is 7.11 Å². The van der Waals surface area contributed by atoms with Gasteiger partial charge in [-0.05, 0) is 12.1 Å². The second-order valence-electron chi connectivity index (χ2n) is 6.48. The van der Waals surface area contributed by atoms with Gasteiger partial charge in [-0.1, -0.05) is 53.5 Å². The first-order chi connectivity index (χ1) is 14.8. The number of aromatic nitrogens is 2. The highest BCUT2D eigenvalue weighted by atomic mass is 35.5. The van der Waals surface area contributed by atoms with Gasteiger partial charge in [-0.3, -0.25) is 0 Å². The van der Waals surface area contributed by atoms with Gasteiger partial charge in [0.25, 0.3) is 11.7 Å². The van der Waals surface area contributed by atoms with E-state index >= 15 is 0 Å². The molecule has 0 saturated heterocycles. The molecule has 0 amide bonds. The van der Waals surface area contributed by atoms with E-state index in [0.717, 1.165) is 30.3 Å². The molecule has 0 saturated carbocycles. The van der Waals surface area contributed by atoms with Crippen LogP contribution in [0.5, 0.6) is 0 Å². The Kier molecular flexibility index (Phi) is 6.38. The number of halogens is 8. The molecule has 2 atom stereocenters. The van der Waals surface area contributed by atoms with Crippen LogP contribution in [0.3, 0.4) is 0 Å². The number of hydrogen-bond donors (Lipinski definition) is 1. The zero-order valence-corrected chi connectivity index (χ0v) is 17.3. The predicted molar refractivity (Wildman–Crippen MR) is 102 cm³/mol. The molecule has 172 valence electrons. The van der Waals surface area contributed by atoms with Gasteiger partial charge >= 0.3 is 18.3 Å². The minimum Gasteiger partial charge on any atom is -0.442 e. The van der Waals surface area contributed by atoms with Gasteiger partial charge in [0.1, 0.15) is 0 Å². The lowest BCUT2D eigenvalue weighted by atomic mass is 9.92. The standard InChI is InChI=1S/C19H12Cl2F6N2O3/c1-31-17(19(25,26)27,9-5-3-2-4-6-9)16(30)32-14(18(22,23)24)15-28-12-7-10(20)11(21)8-13(12)29-15/h2-8,14H,1H3,(H,28,29). The number of alkyl halides is 6. The average Bonchev–Trinajstić information content (AvgIpc) is 3.08. The van der Waals surface area contributed by atoms with Crippen LogP contribution >= 0.6 is 23.2 Å². The molecule has 1 N–H and O–H groups in total. The van der Waals surface area contributed by atoms with Crippen LogP contribution in [-0.4, -0.2) is 35.4 Å². The summed E-state index contributed by atoms with van der Waals surface area (Å²) < 4.78 is 91.9. The SMILES string of the molecule is COC(C(=O)OC(c1nc2cc(Cl)c(Cl)cc2[nH]1)C(F)(F)F)(c1ccccc1)C(F)(F)F. The van der Waals surface area contributed by atoms with Gasteiger partial charge in [0, 0.05) is 12.7 Å². The highest BCUT2D eigenvalue weighted by Crippen LogP contribution is 2.45. The number of aromatic amines is 1. The third-order valence-corrected chi connectivity index (χ3v) is 5.21. The number of H-pyrrole nitrogens is 1. The Labute approximate surface area is 186 Å². The number of rotatable bonds is 5. The summed E-state index contributed by atoms with van der Waals surface area (Å²) in [5.41, 5.74) is -4.65. The number of nitrogens with one attached hydrogen (secondary N) is 1. The Balaban J connectivity index is 2.09. The zero-order chi connectivity index (χ0) is 23.9. The van der Waals surface area contributed by atoms with Crippen LogP contribution in [0.2, 0.25) is 10.0 Å². The van der Waals surface area contributed by atoms with Crippen molar-refractivity contribution in [1.29, 1.82) is 0 Å². The maximum absolute atomic E-state index is 14.0. The van der Waals surface area contributed by atoms with Gasteiger partial charge in [-0.25, -0.2) is 9.78 Å². The molecule has 32 heavy (non-hydrogen) atoms. The number of fused-ring (bicyclic) bond motifs is 1. The summed E-state index contributed by atoms with van der Waals surface area (Å²) in [5.74, 6) is -3.29. The molecule has 3 aromatic rings. The molecule has 3 rings (SSSR count). The van der Waals surface area contributed by atoms with Crippen LogP contribution in [0.25, 0.3) is 11.0 Å². The van der Waals surface area contributed by atoms with E-state index in [1.165, 1.54) is 12.1 Å². The van der Waals surface area contributed by atoms with Crippen LogP contribution < -0.4 is 0 Å². The van der Waals surface area contributed by atoms with Crippen molar-refractivity contribution in [3.63, 3.8) is 0 Å². The highest BCUT2D eigenvalue weighted by molar-refractivity contribution is 6.42. The van der Waals surface area contributed by atoms with E-state index in [1.807, 2.05) is 0 Å². The Hall–Kier alpha value is -2.50. The number of hydrogen-bond acceptors (Lipinski definition) is 4. The van der Waals surface area contributed by atoms with E-state index in [-0.39, 0.29) is 21.1 Å². The van der Waals surface area contributed by atoms with Crippen molar-refractivity contribution >= 4 is 40.2 Å². The smallest absolute Gasteiger partial charge is 0.432 e. The first-order valence-corrected chi connectivity index (χ1v) is 9.36. The molecule has 2 unspecified atom stereocenters. The summed E-state index contributed by atoms with van der Waals surface area (Å²) in [5, 5.41) is -0.0215. The lowest BCUT2D eigenvalue weighted by Crippen LogP contribution is -2.52. The summed E-state index contributed by atoms with van der Waals surface area (Å²) in [4.78, 5) is 18.6. The lowest BCUT2D eigenvalue weighted by molar-refractivity contribution is -0.289. The average molecular weight is 501 g/mol. The van der Waals surface area contributed by atoms with Gasteiger partial charge in [0.05, 0.1) is 21.1 Å². The molecule has 0 fully saturated rings. The van der Waals surface area contributed by atoms with Crippen molar-refractivity contribution in [1.82, 2.24) is 9.97 Å². The molecule has 2 aromatic carbocycles. The number of methoxy groups -OCH3 is 1. The predicted octanol–water partition coefficient (Wildman–Crippen LogP) is 6.12. The summed E-state index contributed by atoms with van der Waals surface area (Å²) in [6.45, 7) is 0.